The monoisotopic (exact) mass is 280 g/mol. The molecule has 0 aliphatic carbocycles. The first-order valence-corrected chi connectivity index (χ1v) is 7.17. The predicted octanol–water partition coefficient (Wildman–Crippen LogP) is 3.20. The van der Waals surface area contributed by atoms with Crippen molar-refractivity contribution in [2.75, 3.05) is 20.1 Å². The summed E-state index contributed by atoms with van der Waals surface area (Å²) in [6, 6.07) is -1.78. The van der Waals surface area contributed by atoms with Crippen LogP contribution in [0.1, 0.15) is 45.5 Å². The zero-order valence-corrected chi connectivity index (χ0v) is 12.4. The Morgan fingerprint density at radius 2 is 2.15 bits per heavy atom. The minimum atomic E-state index is -1.19. The first-order chi connectivity index (χ1) is 11.7. The number of likely N-dealkylation sites (tertiary alicyclic amines) is 1. The molecule has 0 amide bonds. The van der Waals surface area contributed by atoms with Gasteiger partial charge in [-0.05, 0) is 19.0 Å². The molecule has 1 aliphatic rings. The summed E-state index contributed by atoms with van der Waals surface area (Å²) in [5, 5.41) is 0. The topological polar surface area (TPSA) is 29.5 Å². The molecular weight excluding hydrogens is 250 g/mol. The van der Waals surface area contributed by atoms with Crippen LogP contribution in [0.4, 0.5) is 0 Å². The van der Waals surface area contributed by atoms with Crippen LogP contribution < -0.4 is 0 Å². The average Bonchev–Trinajstić information content (AvgIpc) is 2.60. The molecule has 1 fully saturated rings. The lowest BCUT2D eigenvalue weighted by Crippen LogP contribution is -2.51. The van der Waals surface area contributed by atoms with Crippen LogP contribution >= 0.6 is 0 Å². The Kier molecular flexibility index (Phi) is 3.06. The summed E-state index contributed by atoms with van der Waals surface area (Å²) < 4.78 is 46.3. The van der Waals surface area contributed by atoms with Crippen LogP contribution in [-0.4, -0.2) is 31.0 Å². The highest BCUT2D eigenvalue weighted by Crippen LogP contribution is 2.42. The summed E-state index contributed by atoms with van der Waals surface area (Å²) in [5.74, 6) is -0.569. The van der Waals surface area contributed by atoms with Crippen molar-refractivity contribution in [3.05, 3.63) is 35.8 Å². The Bertz CT molecular complexity index is 652. The number of carbonyl (C=O) groups is 1. The van der Waals surface area contributed by atoms with Crippen molar-refractivity contribution in [1.82, 2.24) is 4.90 Å². The van der Waals surface area contributed by atoms with Gasteiger partial charge < -0.3 is 9.64 Å². The number of carbonyl (C=O) groups excluding carboxylic acids is 1. The number of nitrogens with zero attached hydrogens (tertiary/aromatic N) is 1. The van der Waals surface area contributed by atoms with E-state index in [-0.39, 0.29) is 30.0 Å². The van der Waals surface area contributed by atoms with Gasteiger partial charge in [-0.3, -0.25) is 4.79 Å². The highest BCUT2D eigenvalue weighted by Gasteiger charge is 2.45. The van der Waals surface area contributed by atoms with Crippen molar-refractivity contribution in [2.45, 2.75) is 38.7 Å². The molecule has 2 atom stereocenters. The van der Waals surface area contributed by atoms with Gasteiger partial charge in [0.25, 0.3) is 0 Å². The summed E-state index contributed by atoms with van der Waals surface area (Å²) in [6.45, 7) is 4.91. The maximum atomic E-state index is 12.2. The zero-order chi connectivity index (χ0) is 18.9. The first kappa shape index (κ1) is 9.56. The Hall–Kier alpha value is -1.35. The number of piperidine rings is 1. The molecule has 1 aromatic carbocycles. The van der Waals surface area contributed by atoms with Crippen LogP contribution in [0, 0.1) is 5.92 Å². The second-order valence-corrected chi connectivity index (χ2v) is 5.33. The number of hydrogen-bond donors (Lipinski definition) is 0. The van der Waals surface area contributed by atoms with Gasteiger partial charge >= 0.3 is 5.97 Å². The molecule has 1 aromatic rings. The molecule has 20 heavy (non-hydrogen) atoms. The lowest BCUT2D eigenvalue weighted by atomic mass is 9.74. The molecular formula is C17H25NO2. The van der Waals surface area contributed by atoms with Crippen molar-refractivity contribution in [1.29, 1.82) is 0 Å². The molecule has 0 spiro atoms. The lowest BCUT2D eigenvalue weighted by Gasteiger charge is -2.46. The fourth-order valence-electron chi connectivity index (χ4n) is 2.89. The van der Waals surface area contributed by atoms with Gasteiger partial charge in [0.2, 0.25) is 0 Å². The van der Waals surface area contributed by atoms with Crippen LogP contribution in [0.3, 0.4) is 0 Å². The predicted molar refractivity (Wildman–Crippen MR) is 80.4 cm³/mol. The molecule has 0 bridgehead atoms. The standard InChI is InChI=1S/C17H25NO2/c1-4-14-13-18(3)12-11-17(14,20-16(19)5-2)15-9-7-6-8-10-15/h6-10,14H,4-5,11-13H2,1-3H3/t14-,17-/m1/s1/i6D,7D,8D,9D,10D. The first-order valence-electron chi connectivity index (χ1n) is 9.67. The lowest BCUT2D eigenvalue weighted by molar-refractivity contribution is -0.176. The van der Waals surface area contributed by atoms with E-state index in [1.807, 2.05) is 14.0 Å². The van der Waals surface area contributed by atoms with Crippen LogP contribution in [0.2, 0.25) is 0 Å². The van der Waals surface area contributed by atoms with E-state index >= 15 is 0 Å². The third-order valence-corrected chi connectivity index (χ3v) is 4.06. The van der Waals surface area contributed by atoms with Crippen molar-refractivity contribution < 1.29 is 16.4 Å². The van der Waals surface area contributed by atoms with Crippen LogP contribution in [0.15, 0.2) is 30.2 Å². The van der Waals surface area contributed by atoms with Gasteiger partial charge in [0, 0.05) is 31.8 Å². The number of esters is 1. The number of benzene rings is 1. The number of ether oxygens (including phenoxy) is 1. The Morgan fingerprint density at radius 1 is 1.45 bits per heavy atom. The van der Waals surface area contributed by atoms with E-state index in [1.54, 1.807) is 6.92 Å². The largest absolute Gasteiger partial charge is 0.454 e. The van der Waals surface area contributed by atoms with E-state index in [2.05, 4.69) is 4.90 Å². The molecule has 0 saturated carbocycles. The highest BCUT2D eigenvalue weighted by atomic mass is 16.6. The molecule has 2 rings (SSSR count). The Balaban J connectivity index is 2.75. The van der Waals surface area contributed by atoms with Gasteiger partial charge in [-0.15, -0.1) is 0 Å². The number of rotatable bonds is 4. The minimum absolute atomic E-state index is 0.111. The van der Waals surface area contributed by atoms with Gasteiger partial charge in [-0.25, -0.2) is 0 Å². The van der Waals surface area contributed by atoms with E-state index < -0.39 is 29.7 Å². The second-order valence-electron chi connectivity index (χ2n) is 5.33. The molecule has 3 nitrogen and oxygen atoms in total. The minimum Gasteiger partial charge on any atom is -0.454 e. The Morgan fingerprint density at radius 3 is 2.75 bits per heavy atom. The fourth-order valence-corrected chi connectivity index (χ4v) is 2.89. The maximum absolute atomic E-state index is 12.2. The van der Waals surface area contributed by atoms with Gasteiger partial charge in [-0.1, -0.05) is 44.1 Å². The number of hydrogen-bond acceptors (Lipinski definition) is 3. The summed E-state index contributed by atoms with van der Waals surface area (Å²) in [5.41, 5.74) is -1.08. The molecule has 3 heteroatoms. The molecule has 0 radical (unpaired) electrons. The molecule has 1 aliphatic heterocycles. The van der Waals surface area contributed by atoms with E-state index in [1.165, 1.54) is 0 Å². The maximum Gasteiger partial charge on any atom is 0.306 e. The molecule has 110 valence electrons. The van der Waals surface area contributed by atoms with Crippen molar-refractivity contribution in [2.24, 2.45) is 5.92 Å². The molecule has 1 heterocycles. The fraction of sp³-hybridized carbons (Fsp3) is 0.588. The van der Waals surface area contributed by atoms with Gasteiger partial charge in [0.1, 0.15) is 5.60 Å². The summed E-state index contributed by atoms with van der Waals surface area (Å²) in [4.78, 5) is 14.3. The van der Waals surface area contributed by atoms with E-state index in [9.17, 15) is 4.79 Å². The molecule has 0 unspecified atom stereocenters. The summed E-state index contributed by atoms with van der Waals surface area (Å²) in [6.07, 6.45) is 1.25. The smallest absolute Gasteiger partial charge is 0.306 e. The van der Waals surface area contributed by atoms with Gasteiger partial charge in [0.05, 0.1) is 6.85 Å². The van der Waals surface area contributed by atoms with Crippen molar-refractivity contribution in [3.63, 3.8) is 0 Å². The van der Waals surface area contributed by atoms with Crippen molar-refractivity contribution in [3.8, 4) is 0 Å². The quantitative estimate of drug-likeness (QED) is 0.793. The third kappa shape index (κ3) is 2.88. The van der Waals surface area contributed by atoms with E-state index in [0.29, 0.717) is 25.9 Å². The van der Waals surface area contributed by atoms with Gasteiger partial charge in [-0.2, -0.15) is 0 Å². The molecule has 1 saturated heterocycles. The van der Waals surface area contributed by atoms with Crippen LogP contribution in [-0.2, 0) is 15.1 Å². The van der Waals surface area contributed by atoms with E-state index in [4.69, 9.17) is 11.6 Å². The zero-order valence-electron chi connectivity index (χ0n) is 17.4. The highest BCUT2D eigenvalue weighted by molar-refractivity contribution is 5.69. The SMILES string of the molecule is [2H]c1c([2H])c([2H])c([C@@]2(OC(=O)CC)CCN(C)C[C@H]2CC)c([2H])c1[2H]. The average molecular weight is 280 g/mol. The van der Waals surface area contributed by atoms with Crippen molar-refractivity contribution >= 4 is 5.97 Å². The summed E-state index contributed by atoms with van der Waals surface area (Å²) in [7, 11) is 1.97. The molecule has 0 aromatic heterocycles. The Labute approximate surface area is 128 Å². The van der Waals surface area contributed by atoms with Crippen LogP contribution in [0.5, 0.6) is 0 Å². The second kappa shape index (κ2) is 6.40. The van der Waals surface area contributed by atoms with Gasteiger partial charge in [0.15, 0.2) is 0 Å². The normalized spacial score (nSPS) is 30.8. The van der Waals surface area contributed by atoms with Crippen LogP contribution in [0.25, 0.3) is 0 Å². The molecule has 0 N–H and O–H groups in total. The van der Waals surface area contributed by atoms with E-state index in [0.717, 1.165) is 0 Å². The third-order valence-electron chi connectivity index (χ3n) is 4.06. The summed E-state index contributed by atoms with van der Waals surface area (Å²) >= 11 is 0.